The molecule has 0 radical (unpaired) electrons. The number of amides is 1. The van der Waals surface area contributed by atoms with Crippen LogP contribution in [-0.4, -0.2) is 20.9 Å². The number of sulfonamides is 1. The Bertz CT molecular complexity index is 1550. The van der Waals surface area contributed by atoms with Crippen LogP contribution in [0, 0.1) is 13.8 Å². The van der Waals surface area contributed by atoms with Crippen LogP contribution in [0.15, 0.2) is 101 Å². The van der Waals surface area contributed by atoms with Crippen LogP contribution in [0.4, 0.5) is 11.4 Å². The van der Waals surface area contributed by atoms with E-state index in [9.17, 15) is 13.2 Å². The Hall–Kier alpha value is -3.55. The highest BCUT2D eigenvalue weighted by molar-refractivity contribution is 7.98. The monoisotopic (exact) mass is 514 g/mol. The van der Waals surface area contributed by atoms with Crippen LogP contribution in [-0.2, 0) is 20.6 Å². The Morgan fingerprint density at radius 2 is 1.61 bits per heavy atom. The number of hydrogen-bond acceptors (Lipinski definition) is 4. The number of benzene rings is 4. The summed E-state index contributed by atoms with van der Waals surface area (Å²) in [5.41, 5.74) is 5.76. The summed E-state index contributed by atoms with van der Waals surface area (Å²) in [4.78, 5) is 14.5. The van der Waals surface area contributed by atoms with Gasteiger partial charge >= 0.3 is 0 Å². The molecule has 1 N–H and O–H groups in total. The van der Waals surface area contributed by atoms with Crippen molar-refractivity contribution in [3.63, 3.8) is 0 Å². The highest BCUT2D eigenvalue weighted by Crippen LogP contribution is 2.43. The normalized spacial score (nSPS) is 13.6. The van der Waals surface area contributed by atoms with Gasteiger partial charge in [-0.1, -0.05) is 60.2 Å². The molecule has 36 heavy (non-hydrogen) atoms. The van der Waals surface area contributed by atoms with Crippen molar-refractivity contribution < 1.29 is 13.2 Å². The molecule has 1 aliphatic heterocycles. The first-order valence-electron chi connectivity index (χ1n) is 11.6. The number of hydrogen-bond donors (Lipinski definition) is 1. The molecule has 0 saturated carbocycles. The van der Waals surface area contributed by atoms with Crippen molar-refractivity contribution in [2.24, 2.45) is 0 Å². The molecule has 5 rings (SSSR count). The fourth-order valence-electron chi connectivity index (χ4n) is 4.37. The average Bonchev–Trinajstić information content (AvgIpc) is 2.87. The number of aryl methyl sites for hydroxylation is 2. The van der Waals surface area contributed by atoms with Crippen molar-refractivity contribution in [1.82, 2.24) is 0 Å². The van der Waals surface area contributed by atoms with Gasteiger partial charge in [0.1, 0.15) is 6.54 Å². The van der Waals surface area contributed by atoms with Gasteiger partial charge in [-0.2, -0.15) is 0 Å². The van der Waals surface area contributed by atoms with Gasteiger partial charge in [0.25, 0.3) is 10.0 Å². The van der Waals surface area contributed by atoms with Crippen molar-refractivity contribution >= 4 is 39.1 Å². The maximum Gasteiger partial charge on any atom is 0.265 e. The summed E-state index contributed by atoms with van der Waals surface area (Å²) >= 11 is 1.75. The molecule has 7 heteroatoms. The van der Waals surface area contributed by atoms with Crippen LogP contribution in [0.2, 0.25) is 0 Å². The molecule has 0 saturated heterocycles. The first kappa shape index (κ1) is 24.2. The standard InChI is InChI=1S/C29H26N2O3S2/c1-20-12-15-27-25(16-20)24-10-6-7-11-28(24)36(33,34)31(27)18-29(32)30-26-14-13-22(17-21(26)2)19-35-23-8-4-3-5-9-23/h3-17H,18-19H2,1-2H3,(H,30,32). The van der Waals surface area contributed by atoms with Gasteiger partial charge in [0.05, 0.1) is 10.6 Å². The molecule has 0 fully saturated rings. The van der Waals surface area contributed by atoms with Gasteiger partial charge in [-0.05, 0) is 61.4 Å². The van der Waals surface area contributed by atoms with E-state index in [1.807, 2.05) is 68.4 Å². The Labute approximate surface area is 216 Å². The predicted octanol–water partition coefficient (Wildman–Crippen LogP) is 6.41. The summed E-state index contributed by atoms with van der Waals surface area (Å²) in [5.74, 6) is 0.430. The van der Waals surface area contributed by atoms with Crippen LogP contribution in [0.1, 0.15) is 16.7 Å². The fraction of sp³-hybridized carbons (Fsp3) is 0.138. The third-order valence-corrected chi connectivity index (χ3v) is 9.07. The van der Waals surface area contributed by atoms with Gasteiger partial charge in [-0.25, -0.2) is 8.42 Å². The van der Waals surface area contributed by atoms with E-state index in [1.54, 1.807) is 30.0 Å². The molecule has 1 heterocycles. The predicted molar refractivity (Wildman–Crippen MR) is 147 cm³/mol. The SMILES string of the molecule is Cc1ccc2c(c1)-c1ccccc1S(=O)(=O)N2CC(=O)Nc1ccc(CSc2ccccc2)cc1C. The van der Waals surface area contributed by atoms with Gasteiger partial charge in [0.2, 0.25) is 5.91 Å². The van der Waals surface area contributed by atoms with Gasteiger partial charge in [0, 0.05) is 27.5 Å². The van der Waals surface area contributed by atoms with Crippen molar-refractivity contribution in [2.75, 3.05) is 16.2 Å². The Morgan fingerprint density at radius 3 is 2.39 bits per heavy atom. The van der Waals surface area contributed by atoms with Crippen molar-refractivity contribution in [3.05, 3.63) is 108 Å². The van der Waals surface area contributed by atoms with Crippen LogP contribution >= 0.6 is 11.8 Å². The molecular weight excluding hydrogens is 488 g/mol. The van der Waals surface area contributed by atoms with E-state index in [1.165, 1.54) is 9.20 Å². The second kappa shape index (κ2) is 9.84. The van der Waals surface area contributed by atoms with E-state index < -0.39 is 10.0 Å². The summed E-state index contributed by atoms with van der Waals surface area (Å²) in [5, 5.41) is 2.91. The molecule has 0 spiro atoms. The van der Waals surface area contributed by atoms with Crippen LogP contribution in [0.3, 0.4) is 0 Å². The van der Waals surface area contributed by atoms with Gasteiger partial charge in [0.15, 0.2) is 0 Å². The number of carbonyl (C=O) groups is 1. The third kappa shape index (κ3) is 4.76. The van der Waals surface area contributed by atoms with Gasteiger partial charge in [-0.15, -0.1) is 11.8 Å². The van der Waals surface area contributed by atoms with E-state index in [2.05, 4.69) is 23.5 Å². The molecule has 5 nitrogen and oxygen atoms in total. The molecule has 0 aliphatic carbocycles. The number of fused-ring (bicyclic) bond motifs is 3. The summed E-state index contributed by atoms with van der Waals surface area (Å²) in [6.07, 6.45) is 0. The number of nitrogens with zero attached hydrogens (tertiary/aromatic N) is 1. The topological polar surface area (TPSA) is 66.5 Å². The number of nitrogens with one attached hydrogen (secondary N) is 1. The Morgan fingerprint density at radius 1 is 0.861 bits per heavy atom. The molecule has 0 aromatic heterocycles. The van der Waals surface area contributed by atoms with Crippen LogP contribution < -0.4 is 9.62 Å². The second-order valence-corrected chi connectivity index (χ2v) is 11.7. The maximum atomic E-state index is 13.5. The molecular formula is C29H26N2O3S2. The van der Waals surface area contributed by atoms with Crippen LogP contribution in [0.25, 0.3) is 11.1 Å². The highest BCUT2D eigenvalue weighted by atomic mass is 32.2. The molecule has 0 unspecified atom stereocenters. The van der Waals surface area contributed by atoms with E-state index >= 15 is 0 Å². The van der Waals surface area contributed by atoms with Crippen molar-refractivity contribution in [2.45, 2.75) is 29.4 Å². The van der Waals surface area contributed by atoms with Gasteiger partial charge < -0.3 is 5.32 Å². The minimum absolute atomic E-state index is 0.215. The lowest BCUT2D eigenvalue weighted by atomic mass is 10.0. The zero-order valence-electron chi connectivity index (χ0n) is 20.1. The van der Waals surface area contributed by atoms with Crippen molar-refractivity contribution in [1.29, 1.82) is 0 Å². The second-order valence-electron chi connectivity index (χ2n) is 8.83. The lowest BCUT2D eigenvalue weighted by Crippen LogP contribution is -2.40. The van der Waals surface area contributed by atoms with E-state index in [4.69, 9.17) is 0 Å². The summed E-state index contributed by atoms with van der Waals surface area (Å²) in [6, 6.07) is 28.7. The van der Waals surface area contributed by atoms with Gasteiger partial charge in [-0.3, -0.25) is 9.10 Å². The first-order chi connectivity index (χ1) is 17.3. The molecule has 4 aromatic rings. The minimum atomic E-state index is -3.88. The lowest BCUT2D eigenvalue weighted by molar-refractivity contribution is -0.114. The lowest BCUT2D eigenvalue weighted by Gasteiger charge is -2.32. The fourth-order valence-corrected chi connectivity index (χ4v) is 6.89. The number of carbonyl (C=O) groups excluding carboxylic acids is 1. The molecule has 182 valence electrons. The Balaban J connectivity index is 1.35. The number of anilines is 2. The molecule has 0 bridgehead atoms. The van der Waals surface area contributed by atoms with Crippen LogP contribution in [0.5, 0.6) is 0 Å². The molecule has 4 aromatic carbocycles. The smallest absolute Gasteiger partial charge is 0.265 e. The minimum Gasteiger partial charge on any atom is -0.324 e. The molecule has 1 amide bonds. The number of thioether (sulfide) groups is 1. The zero-order valence-corrected chi connectivity index (χ0v) is 21.7. The maximum absolute atomic E-state index is 13.5. The summed E-state index contributed by atoms with van der Waals surface area (Å²) in [6.45, 7) is 3.60. The summed E-state index contributed by atoms with van der Waals surface area (Å²) < 4.78 is 28.2. The quantitative estimate of drug-likeness (QED) is 0.302. The number of rotatable bonds is 6. The largest absolute Gasteiger partial charge is 0.324 e. The summed E-state index contributed by atoms with van der Waals surface area (Å²) in [7, 11) is -3.88. The Kier molecular flexibility index (Phi) is 6.60. The average molecular weight is 515 g/mol. The third-order valence-electron chi connectivity index (χ3n) is 6.17. The van der Waals surface area contributed by atoms with E-state index in [0.717, 1.165) is 28.0 Å². The zero-order chi connectivity index (χ0) is 25.3. The highest BCUT2D eigenvalue weighted by Gasteiger charge is 2.35. The van der Waals surface area contributed by atoms with E-state index in [-0.39, 0.29) is 17.3 Å². The molecule has 1 aliphatic rings. The first-order valence-corrected chi connectivity index (χ1v) is 14.1. The van der Waals surface area contributed by atoms with E-state index in [0.29, 0.717) is 16.9 Å². The molecule has 0 atom stereocenters. The van der Waals surface area contributed by atoms with Crippen molar-refractivity contribution in [3.8, 4) is 11.1 Å².